The maximum Gasteiger partial charge on any atom is 0.396 e. The van der Waals surface area contributed by atoms with E-state index >= 15 is 0 Å². The van der Waals surface area contributed by atoms with Crippen molar-refractivity contribution < 1.29 is 17.9 Å². The Labute approximate surface area is 110 Å². The van der Waals surface area contributed by atoms with Crippen LogP contribution in [0.2, 0.25) is 0 Å². The van der Waals surface area contributed by atoms with Crippen LogP contribution in [0.15, 0.2) is 0 Å². The van der Waals surface area contributed by atoms with E-state index in [4.69, 9.17) is 4.74 Å². The molecule has 1 aromatic rings. The Kier molecular flexibility index (Phi) is 4.92. The van der Waals surface area contributed by atoms with Crippen molar-refractivity contribution in [3.63, 3.8) is 0 Å². The number of ether oxygens (including phenoxy) is 1. The van der Waals surface area contributed by atoms with Gasteiger partial charge in [-0.2, -0.15) is 13.2 Å². The zero-order valence-corrected chi connectivity index (χ0v) is 11.4. The summed E-state index contributed by atoms with van der Waals surface area (Å²) in [6, 6.07) is 0. The van der Waals surface area contributed by atoms with Crippen LogP contribution in [-0.2, 0) is 17.8 Å². The van der Waals surface area contributed by atoms with Crippen LogP contribution in [0.4, 0.5) is 19.0 Å². The largest absolute Gasteiger partial charge is 0.396 e. The second-order valence-corrected chi connectivity index (χ2v) is 4.30. The number of alkyl halides is 3. The number of nitrogens with zero attached hydrogens (tertiary/aromatic N) is 2. The molecule has 17 heavy (non-hydrogen) atoms. The van der Waals surface area contributed by atoms with Crippen molar-refractivity contribution >= 4 is 28.4 Å². The first-order valence-corrected chi connectivity index (χ1v) is 5.74. The van der Waals surface area contributed by atoms with E-state index in [0.717, 1.165) is 0 Å². The molecule has 0 saturated heterocycles. The molecule has 0 aliphatic heterocycles. The maximum absolute atomic E-state index is 12.3. The number of hydrogen-bond donors (Lipinski definition) is 1. The summed E-state index contributed by atoms with van der Waals surface area (Å²) in [4.78, 5) is 7.67. The molecule has 0 aromatic carbocycles. The lowest BCUT2D eigenvalue weighted by Crippen LogP contribution is -2.17. The lowest BCUT2D eigenvalue weighted by atomic mass is 10.3. The fraction of sp³-hybridized carbons (Fsp3) is 0.556. The number of rotatable bonds is 4. The Hall–Kier alpha value is -0.640. The Morgan fingerprint density at radius 3 is 2.47 bits per heavy atom. The quantitative estimate of drug-likeness (QED) is 0.837. The summed E-state index contributed by atoms with van der Waals surface area (Å²) in [7, 11) is 3.05. The molecule has 0 radical (unpaired) electrons. The van der Waals surface area contributed by atoms with Crippen LogP contribution >= 0.6 is 22.6 Å². The summed E-state index contributed by atoms with van der Waals surface area (Å²) in [6.07, 6.45) is -5.46. The zero-order chi connectivity index (χ0) is 13.1. The molecule has 0 atom stereocenters. The monoisotopic (exact) mass is 361 g/mol. The number of halogens is 4. The van der Waals surface area contributed by atoms with E-state index < -0.39 is 12.6 Å². The fourth-order valence-electron chi connectivity index (χ4n) is 1.20. The molecule has 1 N–H and O–H groups in total. The van der Waals surface area contributed by atoms with E-state index in [1.165, 1.54) is 7.11 Å². The smallest absolute Gasteiger partial charge is 0.378 e. The number of aromatic nitrogens is 2. The first-order valence-electron chi connectivity index (χ1n) is 4.66. The summed E-state index contributed by atoms with van der Waals surface area (Å²) in [5, 5.41) is 2.74. The standard InChI is InChI=1S/C9H11F3IN3O/c1-14-8-7(13)5(4-17-2)15-6(16-8)3-9(10,11)12/h3-4H2,1-2H3,(H,14,15,16). The van der Waals surface area contributed by atoms with Crippen LogP contribution in [0.1, 0.15) is 11.5 Å². The van der Waals surface area contributed by atoms with Crippen LogP contribution in [0.3, 0.4) is 0 Å². The Morgan fingerprint density at radius 2 is 2.00 bits per heavy atom. The normalized spacial score (nSPS) is 11.6. The van der Waals surface area contributed by atoms with E-state index in [1.54, 1.807) is 7.05 Å². The molecule has 1 aromatic heterocycles. The van der Waals surface area contributed by atoms with Crippen molar-refractivity contribution in [2.75, 3.05) is 19.5 Å². The SMILES string of the molecule is CNc1nc(CC(F)(F)F)nc(COC)c1I. The third kappa shape index (κ3) is 4.26. The van der Waals surface area contributed by atoms with E-state index in [9.17, 15) is 13.2 Å². The molecule has 0 saturated carbocycles. The van der Waals surface area contributed by atoms with Gasteiger partial charge < -0.3 is 10.1 Å². The number of anilines is 1. The molecule has 0 unspecified atom stereocenters. The van der Waals surface area contributed by atoms with Gasteiger partial charge in [0.25, 0.3) is 0 Å². The summed E-state index contributed by atoms with van der Waals surface area (Å²) in [6.45, 7) is 0.153. The zero-order valence-electron chi connectivity index (χ0n) is 9.23. The van der Waals surface area contributed by atoms with Gasteiger partial charge in [-0.3, -0.25) is 0 Å². The Bertz CT molecular complexity index is 398. The summed E-state index contributed by atoms with van der Waals surface area (Å²) in [5.41, 5.74) is 0.451. The van der Waals surface area contributed by atoms with Crippen LogP contribution in [0.25, 0.3) is 0 Å². The average molecular weight is 361 g/mol. The average Bonchev–Trinajstić information content (AvgIpc) is 2.20. The highest BCUT2D eigenvalue weighted by molar-refractivity contribution is 14.1. The molecule has 0 bridgehead atoms. The summed E-state index contributed by atoms with van der Waals surface area (Å²) >= 11 is 1.97. The van der Waals surface area contributed by atoms with Gasteiger partial charge >= 0.3 is 6.18 Å². The van der Waals surface area contributed by atoms with E-state index in [1.807, 2.05) is 22.6 Å². The first-order chi connectivity index (χ1) is 7.87. The molecule has 96 valence electrons. The number of methoxy groups -OCH3 is 1. The predicted octanol–water partition coefficient (Wildman–Crippen LogP) is 2.37. The molecule has 0 aliphatic carbocycles. The van der Waals surface area contributed by atoms with Gasteiger partial charge in [-0.1, -0.05) is 0 Å². The second-order valence-electron chi connectivity index (χ2n) is 3.22. The second kappa shape index (κ2) is 5.80. The van der Waals surface area contributed by atoms with Gasteiger partial charge in [0.1, 0.15) is 18.1 Å². The van der Waals surface area contributed by atoms with Crippen molar-refractivity contribution in [2.45, 2.75) is 19.2 Å². The Balaban J connectivity index is 3.11. The molecule has 0 spiro atoms. The molecule has 1 heterocycles. The van der Waals surface area contributed by atoms with Gasteiger partial charge in [0.05, 0.1) is 15.9 Å². The molecule has 4 nitrogen and oxygen atoms in total. The molecule has 1 rings (SSSR count). The highest BCUT2D eigenvalue weighted by atomic mass is 127. The maximum atomic E-state index is 12.3. The number of hydrogen-bond acceptors (Lipinski definition) is 4. The third-order valence-corrected chi connectivity index (χ3v) is 2.98. The van der Waals surface area contributed by atoms with Gasteiger partial charge in [0.15, 0.2) is 0 Å². The molecular weight excluding hydrogens is 350 g/mol. The van der Waals surface area contributed by atoms with E-state index in [0.29, 0.717) is 15.1 Å². The molecule has 0 amide bonds. The van der Waals surface area contributed by atoms with Crippen molar-refractivity contribution in [3.8, 4) is 0 Å². The minimum atomic E-state index is -4.32. The minimum absolute atomic E-state index is 0.153. The van der Waals surface area contributed by atoms with E-state index in [-0.39, 0.29) is 12.4 Å². The molecule has 8 heteroatoms. The van der Waals surface area contributed by atoms with Crippen LogP contribution in [-0.4, -0.2) is 30.3 Å². The summed E-state index contributed by atoms with van der Waals surface area (Å²) < 4.78 is 42.3. The summed E-state index contributed by atoms with van der Waals surface area (Å²) in [5.74, 6) is 0.126. The van der Waals surface area contributed by atoms with Gasteiger partial charge in [-0.15, -0.1) is 0 Å². The third-order valence-electron chi connectivity index (χ3n) is 1.84. The van der Waals surface area contributed by atoms with Crippen LogP contribution < -0.4 is 5.32 Å². The van der Waals surface area contributed by atoms with Gasteiger partial charge in [-0.05, 0) is 22.6 Å². The van der Waals surface area contributed by atoms with Crippen LogP contribution in [0, 0.1) is 3.57 Å². The Morgan fingerprint density at radius 1 is 1.35 bits per heavy atom. The minimum Gasteiger partial charge on any atom is -0.378 e. The number of nitrogens with one attached hydrogen (secondary N) is 1. The van der Waals surface area contributed by atoms with Crippen molar-refractivity contribution in [1.29, 1.82) is 0 Å². The predicted molar refractivity (Wildman–Crippen MR) is 64.8 cm³/mol. The van der Waals surface area contributed by atoms with Crippen molar-refractivity contribution in [2.24, 2.45) is 0 Å². The van der Waals surface area contributed by atoms with Gasteiger partial charge in [0, 0.05) is 14.2 Å². The lowest BCUT2D eigenvalue weighted by Gasteiger charge is -2.11. The first kappa shape index (κ1) is 14.4. The van der Waals surface area contributed by atoms with E-state index in [2.05, 4.69) is 15.3 Å². The van der Waals surface area contributed by atoms with Crippen LogP contribution in [0.5, 0.6) is 0 Å². The topological polar surface area (TPSA) is 47.0 Å². The molecular formula is C9H11F3IN3O. The van der Waals surface area contributed by atoms with Crippen molar-refractivity contribution in [3.05, 3.63) is 15.1 Å². The highest BCUT2D eigenvalue weighted by Crippen LogP contribution is 2.24. The van der Waals surface area contributed by atoms with Gasteiger partial charge in [-0.25, -0.2) is 9.97 Å². The highest BCUT2D eigenvalue weighted by Gasteiger charge is 2.30. The fourth-order valence-corrected chi connectivity index (χ4v) is 1.87. The molecule has 0 fully saturated rings. The van der Waals surface area contributed by atoms with Gasteiger partial charge in [0.2, 0.25) is 0 Å². The lowest BCUT2D eigenvalue weighted by molar-refractivity contribution is -0.128. The van der Waals surface area contributed by atoms with Crippen molar-refractivity contribution in [1.82, 2.24) is 9.97 Å². The molecule has 0 aliphatic rings.